The van der Waals surface area contributed by atoms with Crippen molar-refractivity contribution in [2.24, 2.45) is 0 Å². The van der Waals surface area contributed by atoms with Crippen LogP contribution >= 0.6 is 0 Å². The molecule has 0 amide bonds. The van der Waals surface area contributed by atoms with E-state index in [4.69, 9.17) is 9.26 Å². The third-order valence-electron chi connectivity index (χ3n) is 3.70. The molecule has 0 saturated carbocycles. The van der Waals surface area contributed by atoms with Crippen molar-refractivity contribution in [3.8, 4) is 0 Å². The second-order valence-corrected chi connectivity index (χ2v) is 6.51. The van der Waals surface area contributed by atoms with Crippen molar-refractivity contribution in [2.75, 3.05) is 0 Å². The number of nitrogens with one attached hydrogen (secondary N) is 1. The van der Waals surface area contributed by atoms with Crippen molar-refractivity contribution in [2.45, 2.75) is 77.7 Å². The quantitative estimate of drug-likeness (QED) is 0.908. The van der Waals surface area contributed by atoms with Crippen LogP contribution in [0.25, 0.3) is 0 Å². The molecule has 5 heteroatoms. The van der Waals surface area contributed by atoms with Gasteiger partial charge in [-0.3, -0.25) is 0 Å². The van der Waals surface area contributed by atoms with Crippen LogP contribution in [-0.4, -0.2) is 27.4 Å². The third-order valence-corrected chi connectivity index (χ3v) is 3.70. The highest BCUT2D eigenvalue weighted by Gasteiger charge is 2.46. The van der Waals surface area contributed by atoms with Gasteiger partial charge in [0.1, 0.15) is 0 Å². The molecule has 1 N–H and O–H groups in total. The van der Waals surface area contributed by atoms with Crippen LogP contribution < -0.4 is 5.32 Å². The van der Waals surface area contributed by atoms with E-state index in [1.54, 1.807) is 0 Å². The van der Waals surface area contributed by atoms with Crippen LogP contribution in [0.4, 0.5) is 0 Å². The Morgan fingerprint density at radius 3 is 2.53 bits per heavy atom. The SMILES string of the molecule is CCc1noc(C(C)NC2CC(C)(C)OC2(C)C)n1. The van der Waals surface area contributed by atoms with Crippen LogP contribution in [0.2, 0.25) is 0 Å². The molecule has 0 aromatic carbocycles. The number of ether oxygens (including phenoxy) is 1. The summed E-state index contributed by atoms with van der Waals surface area (Å²) in [6.45, 7) is 12.6. The van der Waals surface area contributed by atoms with Gasteiger partial charge < -0.3 is 14.6 Å². The number of rotatable bonds is 4. The minimum Gasteiger partial charge on any atom is -0.368 e. The van der Waals surface area contributed by atoms with Gasteiger partial charge in [0.25, 0.3) is 0 Å². The van der Waals surface area contributed by atoms with Gasteiger partial charge in [0.15, 0.2) is 5.82 Å². The smallest absolute Gasteiger partial charge is 0.243 e. The molecule has 1 fully saturated rings. The highest BCUT2D eigenvalue weighted by Crippen LogP contribution is 2.38. The average Bonchev–Trinajstić information content (AvgIpc) is 2.81. The lowest BCUT2D eigenvalue weighted by molar-refractivity contribution is -0.0705. The van der Waals surface area contributed by atoms with Gasteiger partial charge in [0.05, 0.1) is 17.2 Å². The molecule has 5 nitrogen and oxygen atoms in total. The standard InChI is InChI=1S/C14H25N3O2/c1-7-11-16-12(18-17-11)9(2)15-10-8-13(3,4)19-14(10,5)6/h9-10,15H,7-8H2,1-6H3. The van der Waals surface area contributed by atoms with Crippen LogP contribution in [0.5, 0.6) is 0 Å². The van der Waals surface area contributed by atoms with E-state index in [0.29, 0.717) is 5.89 Å². The molecular formula is C14H25N3O2. The Morgan fingerprint density at radius 1 is 1.37 bits per heavy atom. The fraction of sp³-hybridized carbons (Fsp3) is 0.857. The summed E-state index contributed by atoms with van der Waals surface area (Å²) in [5.41, 5.74) is -0.282. The normalized spacial score (nSPS) is 26.5. The molecule has 0 aliphatic carbocycles. The first-order valence-electron chi connectivity index (χ1n) is 7.02. The molecule has 1 aliphatic heterocycles. The number of hydrogen-bond donors (Lipinski definition) is 1. The minimum atomic E-state index is -0.189. The van der Waals surface area contributed by atoms with Crippen LogP contribution in [0.1, 0.15) is 65.7 Å². The molecule has 2 rings (SSSR count). The molecule has 0 spiro atoms. The second-order valence-electron chi connectivity index (χ2n) is 6.51. The van der Waals surface area contributed by atoms with E-state index < -0.39 is 0 Å². The molecule has 2 heterocycles. The first-order chi connectivity index (χ1) is 8.73. The highest BCUT2D eigenvalue weighted by atomic mass is 16.5. The molecule has 0 radical (unpaired) electrons. The zero-order valence-electron chi connectivity index (χ0n) is 12.8. The van der Waals surface area contributed by atoms with Crippen molar-refractivity contribution in [3.05, 3.63) is 11.7 Å². The molecule has 108 valence electrons. The van der Waals surface area contributed by atoms with Crippen LogP contribution in [0.3, 0.4) is 0 Å². The predicted molar refractivity (Wildman–Crippen MR) is 72.9 cm³/mol. The summed E-state index contributed by atoms with van der Waals surface area (Å²) in [6, 6.07) is 0.309. The van der Waals surface area contributed by atoms with Gasteiger partial charge in [0.2, 0.25) is 5.89 Å². The minimum absolute atomic E-state index is 0.0366. The average molecular weight is 267 g/mol. The Bertz CT molecular complexity index is 440. The summed E-state index contributed by atoms with van der Waals surface area (Å²) in [6.07, 6.45) is 1.76. The molecule has 1 aromatic heterocycles. The molecule has 2 atom stereocenters. The number of aromatic nitrogens is 2. The van der Waals surface area contributed by atoms with Crippen molar-refractivity contribution >= 4 is 0 Å². The first kappa shape index (κ1) is 14.5. The van der Waals surface area contributed by atoms with E-state index in [1.165, 1.54) is 0 Å². The van der Waals surface area contributed by atoms with Crippen molar-refractivity contribution in [3.63, 3.8) is 0 Å². The summed E-state index contributed by atoms with van der Waals surface area (Å²) < 4.78 is 11.4. The zero-order chi connectivity index (χ0) is 14.3. The molecule has 0 bridgehead atoms. The van der Waals surface area contributed by atoms with E-state index in [-0.39, 0.29) is 23.3 Å². The summed E-state index contributed by atoms with van der Waals surface area (Å²) in [7, 11) is 0. The maximum Gasteiger partial charge on any atom is 0.243 e. The Hall–Kier alpha value is -0.940. The Balaban J connectivity index is 2.04. The second kappa shape index (κ2) is 4.87. The Morgan fingerprint density at radius 2 is 2.05 bits per heavy atom. The molecule has 1 aromatic rings. The van der Waals surface area contributed by atoms with Gasteiger partial charge in [-0.2, -0.15) is 4.98 Å². The molecule has 2 unspecified atom stereocenters. The predicted octanol–water partition coefficient (Wildman–Crippen LogP) is 2.63. The van der Waals surface area contributed by atoms with E-state index in [9.17, 15) is 0 Å². The Labute approximate surface area is 115 Å². The fourth-order valence-electron chi connectivity index (χ4n) is 2.78. The third kappa shape index (κ3) is 3.15. The van der Waals surface area contributed by atoms with Gasteiger partial charge in [-0.15, -0.1) is 0 Å². The van der Waals surface area contributed by atoms with E-state index >= 15 is 0 Å². The van der Waals surface area contributed by atoms with Crippen LogP contribution in [0, 0.1) is 0 Å². The first-order valence-corrected chi connectivity index (χ1v) is 7.02. The van der Waals surface area contributed by atoms with E-state index in [1.807, 2.05) is 13.8 Å². The van der Waals surface area contributed by atoms with Gasteiger partial charge in [-0.1, -0.05) is 12.1 Å². The van der Waals surface area contributed by atoms with Gasteiger partial charge in [0, 0.05) is 12.5 Å². The number of aryl methyl sites for hydroxylation is 1. The van der Waals surface area contributed by atoms with Gasteiger partial charge >= 0.3 is 0 Å². The van der Waals surface area contributed by atoms with E-state index in [0.717, 1.165) is 18.7 Å². The monoisotopic (exact) mass is 267 g/mol. The summed E-state index contributed by atoms with van der Waals surface area (Å²) in [5.74, 6) is 1.41. The zero-order valence-corrected chi connectivity index (χ0v) is 12.8. The largest absolute Gasteiger partial charge is 0.368 e. The molecule has 19 heavy (non-hydrogen) atoms. The van der Waals surface area contributed by atoms with Crippen molar-refractivity contribution in [1.29, 1.82) is 0 Å². The number of hydrogen-bond acceptors (Lipinski definition) is 5. The Kier molecular flexibility index (Phi) is 3.71. The summed E-state index contributed by atoms with van der Waals surface area (Å²) in [4.78, 5) is 4.37. The van der Waals surface area contributed by atoms with Gasteiger partial charge in [-0.25, -0.2) is 0 Å². The molecular weight excluding hydrogens is 242 g/mol. The lowest BCUT2D eigenvalue weighted by atomic mass is 9.94. The van der Waals surface area contributed by atoms with Crippen molar-refractivity contribution < 1.29 is 9.26 Å². The van der Waals surface area contributed by atoms with Gasteiger partial charge in [-0.05, 0) is 41.0 Å². The number of nitrogens with zero attached hydrogens (tertiary/aromatic N) is 2. The topological polar surface area (TPSA) is 60.2 Å². The van der Waals surface area contributed by atoms with E-state index in [2.05, 4.69) is 43.2 Å². The molecule has 1 saturated heterocycles. The van der Waals surface area contributed by atoms with Crippen molar-refractivity contribution in [1.82, 2.24) is 15.5 Å². The maximum absolute atomic E-state index is 6.08. The lowest BCUT2D eigenvalue weighted by Gasteiger charge is -2.29. The maximum atomic E-state index is 6.08. The summed E-state index contributed by atoms with van der Waals surface area (Å²) >= 11 is 0. The lowest BCUT2D eigenvalue weighted by Crippen LogP contribution is -2.44. The highest BCUT2D eigenvalue weighted by molar-refractivity contribution is 5.02. The van der Waals surface area contributed by atoms with Crippen LogP contribution in [-0.2, 0) is 11.2 Å². The summed E-state index contributed by atoms with van der Waals surface area (Å²) in [5, 5.41) is 7.50. The molecule has 1 aliphatic rings. The van der Waals surface area contributed by atoms with Crippen LogP contribution in [0.15, 0.2) is 4.52 Å². The fourth-order valence-corrected chi connectivity index (χ4v) is 2.78.